The zero-order valence-corrected chi connectivity index (χ0v) is 13.5. The van der Waals surface area contributed by atoms with E-state index in [2.05, 4.69) is 37.4 Å². The first kappa shape index (κ1) is 16.5. The molecule has 2 N–H and O–H groups in total. The Bertz CT molecular complexity index is 581. The predicted octanol–water partition coefficient (Wildman–Crippen LogP) is 2.69. The molecule has 1 unspecified atom stereocenters. The number of benzene rings is 1. The normalized spacial score (nSPS) is 12.6. The molecule has 0 aliphatic heterocycles. The van der Waals surface area contributed by atoms with E-state index in [1.807, 2.05) is 35.1 Å². The molecule has 0 spiro atoms. The van der Waals surface area contributed by atoms with Crippen LogP contribution in [0.4, 0.5) is 0 Å². The number of hydrogen-bond donors (Lipinski definition) is 2. The van der Waals surface area contributed by atoms with Crippen LogP contribution in [0.2, 0.25) is 0 Å². The van der Waals surface area contributed by atoms with Crippen molar-refractivity contribution in [3.05, 3.63) is 47.8 Å². The maximum atomic E-state index is 8.88. The molecule has 0 saturated heterocycles. The first-order chi connectivity index (χ1) is 10.6. The Hall–Kier alpha value is -1.85. The average Bonchev–Trinajstić information content (AvgIpc) is 3.01. The average molecular weight is 303 g/mol. The number of aromatic nitrogens is 2. The number of nitrogens with one attached hydrogen (secondary N) is 1. The molecule has 0 aliphatic rings. The minimum atomic E-state index is 0.0204. The van der Waals surface area contributed by atoms with Crippen molar-refractivity contribution in [1.29, 1.82) is 0 Å². The fraction of sp³-hybridized carbons (Fsp3) is 0.471. The highest BCUT2D eigenvalue weighted by molar-refractivity contribution is 5.33. The third-order valence-corrected chi connectivity index (χ3v) is 3.57. The molecule has 2 rings (SSSR count). The van der Waals surface area contributed by atoms with Crippen LogP contribution < -0.4 is 10.1 Å². The zero-order valence-electron chi connectivity index (χ0n) is 13.5. The summed E-state index contributed by atoms with van der Waals surface area (Å²) >= 11 is 0. The minimum Gasteiger partial charge on any atom is -0.491 e. The smallest absolute Gasteiger partial charge is 0.123 e. The Morgan fingerprint density at radius 3 is 2.73 bits per heavy atom. The lowest BCUT2D eigenvalue weighted by molar-refractivity contribution is 0.200. The van der Waals surface area contributed by atoms with Crippen LogP contribution >= 0.6 is 0 Å². The van der Waals surface area contributed by atoms with Gasteiger partial charge in [-0.1, -0.05) is 18.2 Å². The molecule has 0 radical (unpaired) electrons. The van der Waals surface area contributed by atoms with Gasteiger partial charge in [0.2, 0.25) is 0 Å². The van der Waals surface area contributed by atoms with Gasteiger partial charge in [-0.3, -0.25) is 4.68 Å². The second kappa shape index (κ2) is 7.96. The molecule has 1 aromatic heterocycles. The Kier molecular flexibility index (Phi) is 5.98. The van der Waals surface area contributed by atoms with Crippen LogP contribution in [0.1, 0.15) is 44.0 Å². The highest BCUT2D eigenvalue weighted by Crippen LogP contribution is 2.20. The lowest BCUT2D eigenvalue weighted by Crippen LogP contribution is -2.18. The van der Waals surface area contributed by atoms with Gasteiger partial charge >= 0.3 is 0 Å². The van der Waals surface area contributed by atoms with E-state index in [0.717, 1.165) is 11.3 Å². The monoisotopic (exact) mass is 303 g/mol. The summed E-state index contributed by atoms with van der Waals surface area (Å²) in [7, 11) is 0. The first-order valence-electron chi connectivity index (χ1n) is 7.70. The number of nitrogens with zero attached hydrogens (tertiary/aromatic N) is 2. The van der Waals surface area contributed by atoms with E-state index < -0.39 is 0 Å². The summed E-state index contributed by atoms with van der Waals surface area (Å²) in [5, 5.41) is 16.7. The lowest BCUT2D eigenvalue weighted by Gasteiger charge is -2.15. The molecule has 0 amide bonds. The minimum absolute atomic E-state index is 0.0204. The van der Waals surface area contributed by atoms with Crippen molar-refractivity contribution in [3.63, 3.8) is 0 Å². The second-order valence-corrected chi connectivity index (χ2v) is 5.63. The maximum absolute atomic E-state index is 8.88. The quantitative estimate of drug-likeness (QED) is 0.787. The maximum Gasteiger partial charge on any atom is 0.123 e. The van der Waals surface area contributed by atoms with Crippen LogP contribution in [-0.4, -0.2) is 28.1 Å². The lowest BCUT2D eigenvalue weighted by atomic mass is 10.1. The third kappa shape index (κ3) is 4.32. The molecule has 0 aliphatic carbocycles. The van der Waals surface area contributed by atoms with Gasteiger partial charge in [0.15, 0.2) is 0 Å². The van der Waals surface area contributed by atoms with Gasteiger partial charge < -0.3 is 15.2 Å². The van der Waals surface area contributed by atoms with Gasteiger partial charge in [0.1, 0.15) is 12.4 Å². The first-order valence-corrected chi connectivity index (χ1v) is 7.70. The fourth-order valence-electron chi connectivity index (χ4n) is 2.19. The summed E-state index contributed by atoms with van der Waals surface area (Å²) in [6, 6.07) is 8.46. The van der Waals surface area contributed by atoms with Gasteiger partial charge in [-0.25, -0.2) is 0 Å². The highest BCUT2D eigenvalue weighted by Gasteiger charge is 2.10. The van der Waals surface area contributed by atoms with E-state index in [-0.39, 0.29) is 12.6 Å². The molecular formula is C17H25N3O2. The molecule has 1 aromatic carbocycles. The molecule has 1 atom stereocenters. The topological polar surface area (TPSA) is 59.3 Å². The van der Waals surface area contributed by atoms with E-state index in [4.69, 9.17) is 9.84 Å². The molecule has 5 heteroatoms. The summed E-state index contributed by atoms with van der Waals surface area (Å²) in [5.41, 5.74) is 2.25. The van der Waals surface area contributed by atoms with Gasteiger partial charge in [0, 0.05) is 36.0 Å². The van der Waals surface area contributed by atoms with Gasteiger partial charge in [0.25, 0.3) is 0 Å². The van der Waals surface area contributed by atoms with Crippen molar-refractivity contribution in [2.75, 3.05) is 13.2 Å². The van der Waals surface area contributed by atoms with E-state index in [1.165, 1.54) is 5.56 Å². The van der Waals surface area contributed by atoms with Crippen molar-refractivity contribution in [1.82, 2.24) is 15.1 Å². The van der Waals surface area contributed by atoms with Crippen LogP contribution in [0.15, 0.2) is 36.7 Å². The third-order valence-electron chi connectivity index (χ3n) is 3.57. The Balaban J connectivity index is 1.97. The van der Waals surface area contributed by atoms with E-state index in [0.29, 0.717) is 19.2 Å². The molecule has 5 nitrogen and oxygen atoms in total. The molecule has 2 aromatic rings. The Morgan fingerprint density at radius 2 is 2.05 bits per heavy atom. The highest BCUT2D eigenvalue weighted by atomic mass is 16.5. The second-order valence-electron chi connectivity index (χ2n) is 5.63. The molecule has 0 bridgehead atoms. The van der Waals surface area contributed by atoms with Crippen molar-refractivity contribution in [2.24, 2.45) is 0 Å². The molecule has 0 saturated carbocycles. The van der Waals surface area contributed by atoms with Gasteiger partial charge in [-0.2, -0.15) is 5.10 Å². The molecule has 22 heavy (non-hydrogen) atoms. The standard InChI is InChI=1S/C17H25N3O2/c1-13(2)20-12-16(11-19-20)14(3)18-10-15-6-4-5-7-17(15)22-9-8-21/h4-7,11-14,18,21H,8-10H2,1-3H3. The zero-order chi connectivity index (χ0) is 15.9. The van der Waals surface area contributed by atoms with Crippen molar-refractivity contribution >= 4 is 0 Å². The molecular weight excluding hydrogens is 278 g/mol. The fourth-order valence-corrected chi connectivity index (χ4v) is 2.19. The number of hydrogen-bond acceptors (Lipinski definition) is 4. The van der Waals surface area contributed by atoms with Crippen molar-refractivity contribution in [2.45, 2.75) is 39.4 Å². The predicted molar refractivity (Wildman–Crippen MR) is 86.9 cm³/mol. The number of aliphatic hydroxyl groups excluding tert-OH is 1. The van der Waals surface area contributed by atoms with Crippen LogP contribution in [0.25, 0.3) is 0 Å². The van der Waals surface area contributed by atoms with Crippen molar-refractivity contribution < 1.29 is 9.84 Å². The summed E-state index contributed by atoms with van der Waals surface area (Å²) < 4.78 is 7.52. The van der Waals surface area contributed by atoms with Gasteiger partial charge in [0.05, 0.1) is 12.8 Å². The number of para-hydroxylation sites is 1. The largest absolute Gasteiger partial charge is 0.491 e. The summed E-state index contributed by atoms with van der Waals surface area (Å²) in [6.45, 7) is 7.39. The van der Waals surface area contributed by atoms with Crippen LogP contribution in [0.3, 0.4) is 0 Å². The van der Waals surface area contributed by atoms with E-state index in [1.54, 1.807) is 0 Å². The number of ether oxygens (including phenoxy) is 1. The van der Waals surface area contributed by atoms with E-state index >= 15 is 0 Å². The SMILES string of the molecule is CC(NCc1ccccc1OCCO)c1cnn(C(C)C)c1. The van der Waals surface area contributed by atoms with Crippen molar-refractivity contribution in [3.8, 4) is 5.75 Å². The van der Waals surface area contributed by atoms with Crippen LogP contribution in [0.5, 0.6) is 5.75 Å². The number of rotatable bonds is 8. The van der Waals surface area contributed by atoms with E-state index in [9.17, 15) is 0 Å². The summed E-state index contributed by atoms with van der Waals surface area (Å²) in [6.07, 6.45) is 3.99. The Labute approximate surface area is 131 Å². The molecule has 0 fully saturated rings. The van der Waals surface area contributed by atoms with Crippen LogP contribution in [-0.2, 0) is 6.54 Å². The van der Waals surface area contributed by atoms with Gasteiger partial charge in [-0.15, -0.1) is 0 Å². The summed E-state index contributed by atoms with van der Waals surface area (Å²) in [4.78, 5) is 0. The molecule has 1 heterocycles. The number of aliphatic hydroxyl groups is 1. The van der Waals surface area contributed by atoms with Crippen LogP contribution in [0, 0.1) is 0 Å². The Morgan fingerprint density at radius 1 is 1.27 bits per heavy atom. The molecule has 120 valence electrons. The summed E-state index contributed by atoms with van der Waals surface area (Å²) in [5.74, 6) is 0.814. The van der Waals surface area contributed by atoms with Gasteiger partial charge in [-0.05, 0) is 26.8 Å².